The average Bonchev–Trinajstić information content (AvgIpc) is 2.39. The van der Waals surface area contributed by atoms with E-state index in [9.17, 15) is 0 Å². The molecular weight excluding hydrogens is 282 g/mol. The lowest BCUT2D eigenvalue weighted by Gasteiger charge is -2.15. The van der Waals surface area contributed by atoms with E-state index >= 15 is 0 Å². The second kappa shape index (κ2) is 6.18. The number of hydrogen-bond donors (Lipinski definition) is 1. The van der Waals surface area contributed by atoms with Crippen molar-refractivity contribution >= 4 is 17.2 Å². The van der Waals surface area contributed by atoms with Gasteiger partial charge in [0.2, 0.25) is 0 Å². The molecule has 2 aromatic rings. The Bertz CT molecular complexity index is 698. The van der Waals surface area contributed by atoms with Crippen LogP contribution in [0, 0.1) is 20.8 Å². The standard InChI is InChI=1S/C16H19N3OS/c1-5-12-13(7-6-9(2)19-12)20-14-8-10(3)18-11(4)15(14)16(17)21/h6-8H,5H2,1-4H3,(H2,17,21). The molecule has 110 valence electrons. The topological polar surface area (TPSA) is 61.0 Å². The number of pyridine rings is 2. The summed E-state index contributed by atoms with van der Waals surface area (Å²) in [5, 5.41) is 0. The highest BCUT2D eigenvalue weighted by atomic mass is 32.1. The third-order valence-corrected chi connectivity index (χ3v) is 3.37. The molecule has 2 heterocycles. The molecule has 0 radical (unpaired) electrons. The summed E-state index contributed by atoms with van der Waals surface area (Å²) in [5.41, 5.74) is 10.0. The first-order valence-corrected chi connectivity index (χ1v) is 7.25. The molecule has 2 aromatic heterocycles. The third-order valence-electron chi connectivity index (χ3n) is 3.17. The van der Waals surface area contributed by atoms with Crippen LogP contribution in [0.2, 0.25) is 0 Å². The normalized spacial score (nSPS) is 10.5. The maximum absolute atomic E-state index is 6.04. The fourth-order valence-corrected chi connectivity index (χ4v) is 2.48. The van der Waals surface area contributed by atoms with E-state index in [1.54, 1.807) is 0 Å². The van der Waals surface area contributed by atoms with E-state index < -0.39 is 0 Å². The van der Waals surface area contributed by atoms with Gasteiger partial charge in [-0.2, -0.15) is 0 Å². The van der Waals surface area contributed by atoms with E-state index in [2.05, 4.69) is 9.97 Å². The molecule has 0 fully saturated rings. The minimum atomic E-state index is 0.285. The van der Waals surface area contributed by atoms with Crippen LogP contribution in [-0.4, -0.2) is 15.0 Å². The first-order valence-electron chi connectivity index (χ1n) is 6.84. The average molecular weight is 301 g/mol. The van der Waals surface area contributed by atoms with Gasteiger partial charge in [0, 0.05) is 17.5 Å². The summed E-state index contributed by atoms with van der Waals surface area (Å²) in [6.07, 6.45) is 0.794. The maximum Gasteiger partial charge on any atom is 0.148 e. The second-order valence-corrected chi connectivity index (χ2v) is 5.38. The minimum Gasteiger partial charge on any atom is -0.455 e. The first-order chi connectivity index (χ1) is 9.92. The molecule has 0 saturated carbocycles. The molecule has 0 amide bonds. The summed E-state index contributed by atoms with van der Waals surface area (Å²) in [6, 6.07) is 5.70. The van der Waals surface area contributed by atoms with E-state index in [4.69, 9.17) is 22.7 Å². The zero-order chi connectivity index (χ0) is 15.6. The molecule has 0 saturated heterocycles. The summed E-state index contributed by atoms with van der Waals surface area (Å²) in [4.78, 5) is 9.18. The molecule has 2 N–H and O–H groups in total. The van der Waals surface area contributed by atoms with E-state index in [1.807, 2.05) is 45.9 Å². The Labute approximate surface area is 130 Å². The summed E-state index contributed by atoms with van der Waals surface area (Å²) >= 11 is 5.12. The van der Waals surface area contributed by atoms with Gasteiger partial charge >= 0.3 is 0 Å². The molecule has 0 aliphatic carbocycles. The Morgan fingerprint density at radius 2 is 1.86 bits per heavy atom. The third kappa shape index (κ3) is 3.36. The monoisotopic (exact) mass is 301 g/mol. The number of thiocarbonyl (C=S) groups is 1. The molecule has 4 nitrogen and oxygen atoms in total. The molecule has 0 aromatic carbocycles. The molecule has 2 rings (SSSR count). The lowest BCUT2D eigenvalue weighted by Crippen LogP contribution is -2.14. The van der Waals surface area contributed by atoms with Crippen LogP contribution in [0.1, 0.15) is 35.3 Å². The number of aromatic nitrogens is 2. The number of nitrogens with two attached hydrogens (primary N) is 1. The van der Waals surface area contributed by atoms with Crippen LogP contribution in [0.25, 0.3) is 0 Å². The zero-order valence-electron chi connectivity index (χ0n) is 12.7. The molecule has 0 bridgehead atoms. The second-order valence-electron chi connectivity index (χ2n) is 4.94. The number of rotatable bonds is 4. The molecule has 0 spiro atoms. The number of aryl methyl sites for hydroxylation is 4. The van der Waals surface area contributed by atoms with E-state index in [-0.39, 0.29) is 4.99 Å². The molecule has 0 aliphatic rings. The van der Waals surface area contributed by atoms with Crippen LogP contribution in [0.4, 0.5) is 0 Å². The van der Waals surface area contributed by atoms with Gasteiger partial charge in [0.15, 0.2) is 0 Å². The van der Waals surface area contributed by atoms with Crippen molar-refractivity contribution in [3.63, 3.8) is 0 Å². The van der Waals surface area contributed by atoms with Crippen molar-refractivity contribution < 1.29 is 4.74 Å². The van der Waals surface area contributed by atoms with Crippen LogP contribution in [0.5, 0.6) is 11.5 Å². The maximum atomic E-state index is 6.04. The highest BCUT2D eigenvalue weighted by Gasteiger charge is 2.15. The van der Waals surface area contributed by atoms with Crippen molar-refractivity contribution in [3.8, 4) is 11.5 Å². The molecular formula is C16H19N3OS. The van der Waals surface area contributed by atoms with Crippen molar-refractivity contribution in [1.82, 2.24) is 9.97 Å². The van der Waals surface area contributed by atoms with Crippen molar-refractivity contribution in [2.75, 3.05) is 0 Å². The smallest absolute Gasteiger partial charge is 0.148 e. The first kappa shape index (κ1) is 15.4. The Kier molecular flexibility index (Phi) is 4.53. The van der Waals surface area contributed by atoms with Crippen LogP contribution >= 0.6 is 12.2 Å². The van der Waals surface area contributed by atoms with Crippen LogP contribution in [0.15, 0.2) is 18.2 Å². The van der Waals surface area contributed by atoms with Gasteiger partial charge in [0.05, 0.1) is 17.0 Å². The van der Waals surface area contributed by atoms with Gasteiger partial charge in [0.1, 0.15) is 16.5 Å². The largest absolute Gasteiger partial charge is 0.455 e. The van der Waals surface area contributed by atoms with Gasteiger partial charge in [-0.25, -0.2) is 0 Å². The Balaban J connectivity index is 2.51. The minimum absolute atomic E-state index is 0.285. The van der Waals surface area contributed by atoms with Gasteiger partial charge in [0.25, 0.3) is 0 Å². The number of hydrogen-bond acceptors (Lipinski definition) is 4. The summed E-state index contributed by atoms with van der Waals surface area (Å²) in [7, 11) is 0. The van der Waals surface area contributed by atoms with E-state index in [1.165, 1.54) is 0 Å². The predicted molar refractivity (Wildman–Crippen MR) is 88.0 cm³/mol. The molecule has 0 unspecified atom stereocenters. The predicted octanol–water partition coefficient (Wildman–Crippen LogP) is 3.39. The van der Waals surface area contributed by atoms with E-state index in [0.29, 0.717) is 11.3 Å². The van der Waals surface area contributed by atoms with Gasteiger partial charge in [-0.05, 0) is 39.3 Å². The van der Waals surface area contributed by atoms with Gasteiger partial charge in [-0.15, -0.1) is 0 Å². The van der Waals surface area contributed by atoms with Gasteiger partial charge in [-0.3, -0.25) is 9.97 Å². The van der Waals surface area contributed by atoms with Crippen molar-refractivity contribution in [1.29, 1.82) is 0 Å². The Morgan fingerprint density at radius 1 is 1.14 bits per heavy atom. The van der Waals surface area contributed by atoms with Crippen LogP contribution in [-0.2, 0) is 6.42 Å². The van der Waals surface area contributed by atoms with Crippen molar-refractivity contribution in [3.05, 3.63) is 46.5 Å². The van der Waals surface area contributed by atoms with Gasteiger partial charge < -0.3 is 10.5 Å². The fourth-order valence-electron chi connectivity index (χ4n) is 2.24. The molecule has 0 atom stereocenters. The quantitative estimate of drug-likeness (QED) is 0.877. The highest BCUT2D eigenvalue weighted by molar-refractivity contribution is 7.80. The highest BCUT2D eigenvalue weighted by Crippen LogP contribution is 2.29. The van der Waals surface area contributed by atoms with Crippen LogP contribution in [0.3, 0.4) is 0 Å². The van der Waals surface area contributed by atoms with Gasteiger partial charge in [-0.1, -0.05) is 19.1 Å². The summed E-state index contributed by atoms with van der Waals surface area (Å²) in [6.45, 7) is 7.80. The van der Waals surface area contributed by atoms with Crippen molar-refractivity contribution in [2.45, 2.75) is 34.1 Å². The summed E-state index contributed by atoms with van der Waals surface area (Å²) in [5.74, 6) is 1.36. The Morgan fingerprint density at radius 3 is 2.48 bits per heavy atom. The van der Waals surface area contributed by atoms with E-state index in [0.717, 1.165) is 34.9 Å². The van der Waals surface area contributed by atoms with Crippen LogP contribution < -0.4 is 10.5 Å². The molecule has 0 aliphatic heterocycles. The molecule has 5 heteroatoms. The number of ether oxygens (including phenoxy) is 1. The zero-order valence-corrected chi connectivity index (χ0v) is 13.5. The fraction of sp³-hybridized carbons (Fsp3) is 0.312. The summed E-state index contributed by atoms with van der Waals surface area (Å²) < 4.78 is 6.04. The lowest BCUT2D eigenvalue weighted by atomic mass is 10.1. The van der Waals surface area contributed by atoms with Crippen molar-refractivity contribution in [2.24, 2.45) is 5.73 Å². The Hall–Kier alpha value is -2.01. The molecule has 21 heavy (non-hydrogen) atoms. The number of nitrogens with zero attached hydrogens (tertiary/aromatic N) is 2. The lowest BCUT2D eigenvalue weighted by molar-refractivity contribution is 0.470. The SMILES string of the molecule is CCc1nc(C)ccc1Oc1cc(C)nc(C)c1C(N)=S.